The van der Waals surface area contributed by atoms with Crippen LogP contribution in [0.2, 0.25) is 0 Å². The molecule has 0 amide bonds. The minimum atomic E-state index is -0.417. The number of para-hydroxylation sites is 2. The molecule has 0 spiro atoms. The number of nitrogens with one attached hydrogen (secondary N) is 2. The van der Waals surface area contributed by atoms with Gasteiger partial charge >= 0.3 is 0 Å². The third-order valence-electron chi connectivity index (χ3n) is 4.87. The van der Waals surface area contributed by atoms with E-state index in [4.69, 9.17) is 14.2 Å². The van der Waals surface area contributed by atoms with Gasteiger partial charge in [-0.05, 0) is 19.1 Å². The molecule has 6 nitrogen and oxygen atoms in total. The molecule has 1 aromatic carbocycles. The third-order valence-corrected chi connectivity index (χ3v) is 4.87. The second-order valence-electron chi connectivity index (χ2n) is 6.75. The lowest BCUT2D eigenvalue weighted by Crippen LogP contribution is -3.28. The van der Waals surface area contributed by atoms with Crippen LogP contribution in [0.15, 0.2) is 24.3 Å². The number of hydrogen-bond acceptors (Lipinski definition) is 4. The zero-order valence-electron chi connectivity index (χ0n) is 14.5. The molecule has 1 fully saturated rings. The van der Waals surface area contributed by atoms with Crippen molar-refractivity contribution in [2.45, 2.75) is 19.1 Å². The predicted octanol–water partition coefficient (Wildman–Crippen LogP) is -1.99. The van der Waals surface area contributed by atoms with Gasteiger partial charge in [-0.15, -0.1) is 0 Å². The van der Waals surface area contributed by atoms with Gasteiger partial charge in [-0.25, -0.2) is 0 Å². The minimum absolute atomic E-state index is 0.115. The molecule has 0 unspecified atom stereocenters. The smallest absolute Gasteiger partial charge is 0.161 e. The van der Waals surface area contributed by atoms with Crippen LogP contribution in [0, 0.1) is 0 Å². The van der Waals surface area contributed by atoms with Gasteiger partial charge in [0.15, 0.2) is 17.6 Å². The molecule has 6 heteroatoms. The normalized spacial score (nSPS) is 27.7. The van der Waals surface area contributed by atoms with Gasteiger partial charge in [0.2, 0.25) is 0 Å². The van der Waals surface area contributed by atoms with Crippen molar-refractivity contribution >= 4 is 0 Å². The molecule has 0 bridgehead atoms. The molecular formula is C18H30N2O4+2. The number of ether oxygens (including phenoxy) is 3. The van der Waals surface area contributed by atoms with Gasteiger partial charge in [-0.2, -0.15) is 0 Å². The van der Waals surface area contributed by atoms with Gasteiger partial charge in [0.05, 0.1) is 19.8 Å². The zero-order chi connectivity index (χ0) is 16.8. The Morgan fingerprint density at radius 1 is 1.17 bits per heavy atom. The number of quaternary nitrogens is 2. The van der Waals surface area contributed by atoms with Crippen LogP contribution >= 0.6 is 0 Å². The Hall–Kier alpha value is -1.34. The van der Waals surface area contributed by atoms with Crippen molar-refractivity contribution in [3.05, 3.63) is 24.3 Å². The van der Waals surface area contributed by atoms with Crippen LogP contribution in [-0.2, 0) is 4.74 Å². The molecule has 2 heterocycles. The van der Waals surface area contributed by atoms with Crippen molar-refractivity contribution in [1.29, 1.82) is 0 Å². The summed E-state index contributed by atoms with van der Waals surface area (Å²) in [5, 5.41) is 10.2. The second-order valence-corrected chi connectivity index (χ2v) is 6.75. The Kier molecular flexibility index (Phi) is 6.31. The highest BCUT2D eigenvalue weighted by molar-refractivity contribution is 5.40. The van der Waals surface area contributed by atoms with Crippen LogP contribution in [-0.4, -0.2) is 76.4 Å². The lowest BCUT2D eigenvalue weighted by atomic mass is 10.2. The lowest BCUT2D eigenvalue weighted by Gasteiger charge is -2.30. The number of benzene rings is 1. The average Bonchev–Trinajstić information content (AvgIpc) is 2.62. The molecule has 2 aliphatic heterocycles. The van der Waals surface area contributed by atoms with Gasteiger partial charge in [0.1, 0.15) is 45.4 Å². The largest absolute Gasteiger partial charge is 0.486 e. The van der Waals surface area contributed by atoms with E-state index in [9.17, 15) is 5.11 Å². The summed E-state index contributed by atoms with van der Waals surface area (Å²) in [6, 6.07) is 7.66. The van der Waals surface area contributed by atoms with E-state index in [0.29, 0.717) is 19.8 Å². The van der Waals surface area contributed by atoms with Crippen molar-refractivity contribution in [1.82, 2.24) is 0 Å². The molecule has 2 atom stereocenters. The highest BCUT2D eigenvalue weighted by atomic mass is 16.6. The van der Waals surface area contributed by atoms with Crippen molar-refractivity contribution in [3.8, 4) is 11.5 Å². The van der Waals surface area contributed by atoms with Crippen LogP contribution in [0.3, 0.4) is 0 Å². The molecule has 1 aromatic rings. The van der Waals surface area contributed by atoms with Crippen molar-refractivity contribution in [3.63, 3.8) is 0 Å². The number of likely N-dealkylation sites (N-methyl/N-ethyl adjacent to an activating group) is 1. The Labute approximate surface area is 143 Å². The van der Waals surface area contributed by atoms with Crippen LogP contribution in [0.4, 0.5) is 0 Å². The zero-order valence-corrected chi connectivity index (χ0v) is 14.5. The van der Waals surface area contributed by atoms with Crippen LogP contribution < -0.4 is 19.3 Å². The summed E-state index contributed by atoms with van der Waals surface area (Å²) in [5.74, 6) is 1.55. The summed E-state index contributed by atoms with van der Waals surface area (Å²) in [7, 11) is 0. The monoisotopic (exact) mass is 338 g/mol. The summed E-state index contributed by atoms with van der Waals surface area (Å²) >= 11 is 0. The standard InChI is InChI=1S/C18H28N2O4/c1-2-19-7-9-20(10-8-19)11-15(21)12-22-13-16-14-23-17-5-3-4-6-18(17)24-16/h3-6,15-16,21H,2,7-14H2,1H3/p+2/t15-,16+/m0/s1. The van der Waals surface area contributed by atoms with E-state index >= 15 is 0 Å². The quantitative estimate of drug-likeness (QED) is 0.539. The summed E-state index contributed by atoms with van der Waals surface area (Å²) in [5.41, 5.74) is 0. The van der Waals surface area contributed by atoms with Crippen molar-refractivity contribution in [2.75, 3.05) is 59.1 Å². The number of hydrogen-bond donors (Lipinski definition) is 3. The van der Waals surface area contributed by atoms with Gasteiger partial charge in [-0.1, -0.05) is 12.1 Å². The summed E-state index contributed by atoms with van der Waals surface area (Å²) in [6.07, 6.45) is -0.531. The maximum absolute atomic E-state index is 10.2. The Morgan fingerprint density at radius 2 is 1.88 bits per heavy atom. The van der Waals surface area contributed by atoms with E-state index in [2.05, 4.69) is 6.92 Å². The maximum atomic E-state index is 10.2. The molecule has 0 saturated carbocycles. The molecule has 3 N–H and O–H groups in total. The number of aliphatic hydroxyl groups excluding tert-OH is 1. The minimum Gasteiger partial charge on any atom is -0.486 e. The topological polar surface area (TPSA) is 56.8 Å². The Balaban J connectivity index is 1.32. The molecule has 0 radical (unpaired) electrons. The summed E-state index contributed by atoms with van der Waals surface area (Å²) in [6.45, 7) is 10.2. The highest BCUT2D eigenvalue weighted by Crippen LogP contribution is 2.30. The van der Waals surface area contributed by atoms with E-state index in [0.717, 1.165) is 31.1 Å². The van der Waals surface area contributed by atoms with Crippen molar-refractivity contribution < 1.29 is 29.1 Å². The van der Waals surface area contributed by atoms with Gasteiger partial charge < -0.3 is 29.1 Å². The maximum Gasteiger partial charge on any atom is 0.161 e. The average molecular weight is 338 g/mol. The first-order valence-corrected chi connectivity index (χ1v) is 9.06. The van der Waals surface area contributed by atoms with Gasteiger partial charge in [0.25, 0.3) is 0 Å². The van der Waals surface area contributed by atoms with Gasteiger partial charge in [0, 0.05) is 0 Å². The van der Waals surface area contributed by atoms with E-state index in [-0.39, 0.29) is 6.10 Å². The fraction of sp³-hybridized carbons (Fsp3) is 0.667. The number of piperazine rings is 1. The van der Waals surface area contributed by atoms with Crippen molar-refractivity contribution in [2.24, 2.45) is 0 Å². The Morgan fingerprint density at radius 3 is 2.62 bits per heavy atom. The fourth-order valence-electron chi connectivity index (χ4n) is 3.39. The van der Waals surface area contributed by atoms with Crippen LogP contribution in [0.25, 0.3) is 0 Å². The first-order chi connectivity index (χ1) is 11.7. The molecule has 134 valence electrons. The van der Waals surface area contributed by atoms with E-state index in [1.54, 1.807) is 4.90 Å². The Bertz CT molecular complexity index is 506. The number of rotatable bonds is 7. The summed E-state index contributed by atoms with van der Waals surface area (Å²) in [4.78, 5) is 3.15. The molecule has 0 aliphatic carbocycles. The second kappa shape index (κ2) is 8.67. The highest BCUT2D eigenvalue weighted by Gasteiger charge is 2.25. The first kappa shape index (κ1) is 17.5. The van der Waals surface area contributed by atoms with E-state index < -0.39 is 6.10 Å². The lowest BCUT2D eigenvalue weighted by molar-refractivity contribution is -1.01. The van der Waals surface area contributed by atoms with Crippen LogP contribution in [0.5, 0.6) is 11.5 Å². The van der Waals surface area contributed by atoms with Crippen LogP contribution in [0.1, 0.15) is 6.92 Å². The SMILES string of the molecule is CC[NH+]1CC[NH+](C[C@H](O)COC[C@@H]2COc3ccccc3O2)CC1. The van der Waals surface area contributed by atoms with Gasteiger partial charge in [-0.3, -0.25) is 0 Å². The first-order valence-electron chi connectivity index (χ1n) is 9.06. The predicted molar refractivity (Wildman–Crippen MR) is 90.0 cm³/mol. The molecular weight excluding hydrogens is 308 g/mol. The molecule has 24 heavy (non-hydrogen) atoms. The summed E-state index contributed by atoms with van der Waals surface area (Å²) < 4.78 is 17.2. The molecule has 3 rings (SSSR count). The molecule has 2 aliphatic rings. The fourth-order valence-corrected chi connectivity index (χ4v) is 3.39. The molecule has 0 aromatic heterocycles. The third kappa shape index (κ3) is 4.83. The number of aliphatic hydroxyl groups is 1. The number of fused-ring (bicyclic) bond motifs is 1. The van der Waals surface area contributed by atoms with E-state index in [1.807, 2.05) is 24.3 Å². The molecule has 1 saturated heterocycles. The van der Waals surface area contributed by atoms with E-state index in [1.165, 1.54) is 24.5 Å².